The van der Waals surface area contributed by atoms with Crippen LogP contribution in [0, 0.1) is 5.92 Å². The van der Waals surface area contributed by atoms with Crippen LogP contribution in [-0.2, 0) is 22.4 Å². The number of ether oxygens (including phenoxy) is 1. The molecule has 0 spiro atoms. The van der Waals surface area contributed by atoms with Gasteiger partial charge in [0.2, 0.25) is 0 Å². The average Bonchev–Trinajstić information content (AvgIpc) is 2.31. The second kappa shape index (κ2) is 7.07. The Hall–Kier alpha value is -1.35. The molecule has 0 heterocycles. The summed E-state index contributed by atoms with van der Waals surface area (Å²) < 4.78 is 5.00. The minimum Gasteiger partial charge on any atom is -0.481 e. The van der Waals surface area contributed by atoms with Crippen molar-refractivity contribution < 1.29 is 14.6 Å². The number of carboxylic acid groups (broad SMARTS) is 1. The van der Waals surface area contributed by atoms with E-state index in [-0.39, 0.29) is 5.92 Å². The van der Waals surface area contributed by atoms with Gasteiger partial charge in [0.05, 0.1) is 5.92 Å². The number of hydrogen-bond donors (Lipinski definition) is 1. The van der Waals surface area contributed by atoms with Crippen molar-refractivity contribution in [1.29, 1.82) is 0 Å². The van der Waals surface area contributed by atoms with Gasteiger partial charge in [-0.2, -0.15) is 0 Å². The Morgan fingerprint density at radius 2 is 1.88 bits per heavy atom. The van der Waals surface area contributed by atoms with Gasteiger partial charge in [-0.05, 0) is 30.4 Å². The summed E-state index contributed by atoms with van der Waals surface area (Å²) in [4.78, 5) is 10.7. The van der Waals surface area contributed by atoms with Gasteiger partial charge in [-0.1, -0.05) is 31.2 Å². The van der Waals surface area contributed by atoms with Crippen LogP contribution < -0.4 is 0 Å². The molecule has 0 aliphatic heterocycles. The molecule has 0 aliphatic carbocycles. The lowest BCUT2D eigenvalue weighted by atomic mass is 9.99. The third-order valence-corrected chi connectivity index (χ3v) is 2.80. The molecule has 1 N–H and O–H groups in total. The summed E-state index contributed by atoms with van der Waals surface area (Å²) in [7, 11) is 1.70. The first kappa shape index (κ1) is 13.7. The van der Waals surface area contributed by atoms with Gasteiger partial charge < -0.3 is 9.84 Å². The molecule has 0 saturated heterocycles. The van der Waals surface area contributed by atoms with Crippen LogP contribution in [0.4, 0.5) is 0 Å². The van der Waals surface area contributed by atoms with Crippen molar-refractivity contribution in [1.82, 2.24) is 0 Å². The maximum Gasteiger partial charge on any atom is 0.306 e. The zero-order valence-corrected chi connectivity index (χ0v) is 10.5. The Morgan fingerprint density at radius 1 is 1.29 bits per heavy atom. The molecule has 0 aromatic heterocycles. The predicted molar refractivity (Wildman–Crippen MR) is 67.1 cm³/mol. The zero-order valence-electron chi connectivity index (χ0n) is 10.5. The third-order valence-electron chi connectivity index (χ3n) is 2.80. The molecular weight excluding hydrogens is 216 g/mol. The number of aryl methyl sites for hydroxylation is 1. The zero-order chi connectivity index (χ0) is 12.7. The van der Waals surface area contributed by atoms with Crippen LogP contribution in [0.15, 0.2) is 24.3 Å². The number of carbonyl (C=O) groups is 1. The molecule has 0 amide bonds. The summed E-state index contributed by atoms with van der Waals surface area (Å²) in [5.41, 5.74) is 2.35. The number of rotatable bonds is 7. The molecule has 1 atom stereocenters. The largest absolute Gasteiger partial charge is 0.481 e. The SMILES string of the molecule is COCCCc1ccc(CC(C)C(=O)O)cc1. The molecule has 0 radical (unpaired) electrons. The van der Waals surface area contributed by atoms with E-state index in [1.54, 1.807) is 14.0 Å². The summed E-state index contributed by atoms with van der Waals surface area (Å²) in [5, 5.41) is 8.83. The molecule has 1 aromatic rings. The molecule has 0 aliphatic rings. The van der Waals surface area contributed by atoms with Crippen LogP contribution in [0.5, 0.6) is 0 Å². The Balaban J connectivity index is 2.47. The normalized spacial score (nSPS) is 12.4. The van der Waals surface area contributed by atoms with Crippen molar-refractivity contribution in [2.24, 2.45) is 5.92 Å². The number of benzene rings is 1. The predicted octanol–water partition coefficient (Wildman–Crippen LogP) is 2.53. The molecule has 17 heavy (non-hydrogen) atoms. The van der Waals surface area contributed by atoms with Gasteiger partial charge in [0.25, 0.3) is 0 Å². The summed E-state index contributed by atoms with van der Waals surface area (Å²) in [6.07, 6.45) is 2.61. The standard InChI is InChI=1S/C14H20O3/c1-11(14(15)16)10-13-7-5-12(6-8-13)4-3-9-17-2/h5-8,11H,3-4,9-10H2,1-2H3,(H,15,16). The lowest BCUT2D eigenvalue weighted by Gasteiger charge is -2.07. The monoisotopic (exact) mass is 236 g/mol. The molecule has 1 aromatic carbocycles. The van der Waals surface area contributed by atoms with Gasteiger partial charge in [0, 0.05) is 13.7 Å². The van der Waals surface area contributed by atoms with Crippen LogP contribution in [0.25, 0.3) is 0 Å². The molecule has 3 heteroatoms. The Bertz CT molecular complexity index is 343. The number of methoxy groups -OCH3 is 1. The van der Waals surface area contributed by atoms with E-state index < -0.39 is 5.97 Å². The van der Waals surface area contributed by atoms with E-state index in [1.807, 2.05) is 12.1 Å². The molecule has 94 valence electrons. The minimum atomic E-state index is -0.742. The van der Waals surface area contributed by atoms with Crippen molar-refractivity contribution in [2.45, 2.75) is 26.2 Å². The third kappa shape index (κ3) is 5.00. The highest BCUT2D eigenvalue weighted by atomic mass is 16.5. The minimum absolute atomic E-state index is 0.325. The molecular formula is C14H20O3. The molecule has 1 rings (SSSR count). The van der Waals surface area contributed by atoms with Crippen LogP contribution in [0.2, 0.25) is 0 Å². The molecule has 3 nitrogen and oxygen atoms in total. The van der Waals surface area contributed by atoms with Gasteiger partial charge in [-0.25, -0.2) is 0 Å². The summed E-state index contributed by atoms with van der Waals surface area (Å²) in [6.45, 7) is 2.51. The van der Waals surface area contributed by atoms with E-state index in [9.17, 15) is 4.79 Å². The van der Waals surface area contributed by atoms with Gasteiger partial charge in [0.15, 0.2) is 0 Å². The summed E-state index contributed by atoms with van der Waals surface area (Å²) >= 11 is 0. The quantitative estimate of drug-likeness (QED) is 0.740. The Morgan fingerprint density at radius 3 is 2.41 bits per heavy atom. The topological polar surface area (TPSA) is 46.5 Å². The van der Waals surface area contributed by atoms with Crippen molar-refractivity contribution in [3.8, 4) is 0 Å². The van der Waals surface area contributed by atoms with E-state index in [0.717, 1.165) is 25.0 Å². The van der Waals surface area contributed by atoms with E-state index in [0.29, 0.717) is 6.42 Å². The smallest absolute Gasteiger partial charge is 0.306 e. The second-order valence-corrected chi connectivity index (χ2v) is 4.36. The molecule has 1 unspecified atom stereocenters. The maximum absolute atomic E-state index is 10.7. The van der Waals surface area contributed by atoms with Crippen LogP contribution in [0.1, 0.15) is 24.5 Å². The van der Waals surface area contributed by atoms with Crippen LogP contribution in [0.3, 0.4) is 0 Å². The van der Waals surface area contributed by atoms with Crippen molar-refractivity contribution in [3.05, 3.63) is 35.4 Å². The summed E-state index contributed by atoms with van der Waals surface area (Å²) in [5.74, 6) is -1.07. The Labute approximate surface area is 102 Å². The highest BCUT2D eigenvalue weighted by Gasteiger charge is 2.11. The van der Waals surface area contributed by atoms with E-state index in [1.165, 1.54) is 5.56 Å². The van der Waals surface area contributed by atoms with Gasteiger partial charge in [0.1, 0.15) is 0 Å². The van der Waals surface area contributed by atoms with E-state index >= 15 is 0 Å². The number of aliphatic carboxylic acids is 1. The molecule has 0 bridgehead atoms. The van der Waals surface area contributed by atoms with Crippen molar-refractivity contribution in [3.63, 3.8) is 0 Å². The highest BCUT2D eigenvalue weighted by Crippen LogP contribution is 2.11. The second-order valence-electron chi connectivity index (χ2n) is 4.36. The van der Waals surface area contributed by atoms with E-state index in [2.05, 4.69) is 12.1 Å². The van der Waals surface area contributed by atoms with Crippen molar-refractivity contribution in [2.75, 3.05) is 13.7 Å². The fraction of sp³-hybridized carbons (Fsp3) is 0.500. The van der Waals surface area contributed by atoms with Crippen LogP contribution >= 0.6 is 0 Å². The number of hydrogen-bond acceptors (Lipinski definition) is 2. The van der Waals surface area contributed by atoms with Gasteiger partial charge in [-0.3, -0.25) is 4.79 Å². The maximum atomic E-state index is 10.7. The van der Waals surface area contributed by atoms with Gasteiger partial charge >= 0.3 is 5.97 Å². The molecule has 0 fully saturated rings. The first-order valence-electron chi connectivity index (χ1n) is 5.93. The molecule has 0 saturated carbocycles. The first-order chi connectivity index (χ1) is 8.13. The van der Waals surface area contributed by atoms with Crippen molar-refractivity contribution >= 4 is 5.97 Å². The Kier molecular flexibility index (Phi) is 5.70. The van der Waals surface area contributed by atoms with E-state index in [4.69, 9.17) is 9.84 Å². The van der Waals surface area contributed by atoms with Crippen LogP contribution in [-0.4, -0.2) is 24.8 Å². The first-order valence-corrected chi connectivity index (χ1v) is 5.93. The fourth-order valence-electron chi connectivity index (χ4n) is 1.70. The number of carboxylic acids is 1. The van der Waals surface area contributed by atoms with Gasteiger partial charge in [-0.15, -0.1) is 0 Å². The average molecular weight is 236 g/mol. The highest BCUT2D eigenvalue weighted by molar-refractivity contribution is 5.69. The summed E-state index contributed by atoms with van der Waals surface area (Å²) in [6, 6.07) is 8.17. The fourth-order valence-corrected chi connectivity index (χ4v) is 1.70. The lowest BCUT2D eigenvalue weighted by Crippen LogP contribution is -2.12. The lowest BCUT2D eigenvalue weighted by molar-refractivity contribution is -0.141.